The Balaban J connectivity index is 1.76. The zero-order valence-electron chi connectivity index (χ0n) is 10.1. The van der Waals surface area contributed by atoms with Crippen molar-refractivity contribution >= 4 is 33.5 Å². The van der Waals surface area contributed by atoms with E-state index in [1.807, 2.05) is 30.3 Å². The molecule has 0 atom stereocenters. The lowest BCUT2D eigenvalue weighted by atomic mass is 10.2. The van der Waals surface area contributed by atoms with E-state index in [1.54, 1.807) is 0 Å². The summed E-state index contributed by atoms with van der Waals surface area (Å²) in [7, 11) is 0. The minimum absolute atomic E-state index is 0.421. The maximum atomic E-state index is 6.19. The number of benzene rings is 1. The van der Waals surface area contributed by atoms with Crippen LogP contribution in [0.25, 0.3) is 11.3 Å². The van der Waals surface area contributed by atoms with Gasteiger partial charge in [-0.15, -0.1) is 5.10 Å². The molecule has 0 aliphatic heterocycles. The number of aromatic amines is 1. The molecule has 0 saturated heterocycles. The van der Waals surface area contributed by atoms with Gasteiger partial charge in [0.1, 0.15) is 11.5 Å². The van der Waals surface area contributed by atoms with Crippen molar-refractivity contribution in [3.05, 3.63) is 45.6 Å². The molecule has 3 rings (SSSR count). The van der Waals surface area contributed by atoms with Crippen LogP contribution < -0.4 is 5.32 Å². The monoisotopic (exact) mass is 353 g/mol. The second-order valence-electron chi connectivity index (χ2n) is 3.98. The number of hydrogen-bond donors (Lipinski definition) is 2. The van der Waals surface area contributed by atoms with Gasteiger partial charge in [-0.3, -0.25) is 0 Å². The van der Waals surface area contributed by atoms with Gasteiger partial charge < -0.3 is 9.73 Å². The first-order valence-corrected chi connectivity index (χ1v) is 6.91. The average molecular weight is 355 g/mol. The van der Waals surface area contributed by atoms with Gasteiger partial charge in [0.15, 0.2) is 0 Å². The highest BCUT2D eigenvalue weighted by atomic mass is 79.9. The Kier molecular flexibility index (Phi) is 3.70. The Morgan fingerprint density at radius 1 is 1.30 bits per heavy atom. The third-order valence-electron chi connectivity index (χ3n) is 2.62. The van der Waals surface area contributed by atoms with Crippen molar-refractivity contribution in [1.29, 1.82) is 0 Å². The van der Waals surface area contributed by atoms with E-state index in [0.29, 0.717) is 23.3 Å². The van der Waals surface area contributed by atoms with E-state index >= 15 is 0 Å². The minimum atomic E-state index is 0.421. The summed E-state index contributed by atoms with van der Waals surface area (Å²) < 4.78 is 6.67. The van der Waals surface area contributed by atoms with Crippen LogP contribution in [-0.2, 0) is 6.54 Å². The van der Waals surface area contributed by atoms with Crippen LogP contribution in [0.3, 0.4) is 0 Å². The van der Waals surface area contributed by atoms with Gasteiger partial charge in [0.25, 0.3) is 5.95 Å². The molecule has 20 heavy (non-hydrogen) atoms. The number of halogens is 2. The second-order valence-corrected chi connectivity index (χ2v) is 5.30. The van der Waals surface area contributed by atoms with Crippen molar-refractivity contribution in [1.82, 2.24) is 20.6 Å². The fourth-order valence-corrected chi connectivity index (χ4v) is 2.48. The third kappa shape index (κ3) is 2.83. The van der Waals surface area contributed by atoms with E-state index in [2.05, 4.69) is 41.9 Å². The zero-order valence-corrected chi connectivity index (χ0v) is 12.4. The normalized spacial score (nSPS) is 10.7. The molecule has 0 saturated carbocycles. The van der Waals surface area contributed by atoms with Crippen molar-refractivity contribution in [3.8, 4) is 11.3 Å². The number of hydrogen-bond acceptors (Lipinski definition) is 5. The molecule has 2 heterocycles. The van der Waals surface area contributed by atoms with Crippen LogP contribution in [0.2, 0.25) is 5.02 Å². The van der Waals surface area contributed by atoms with Gasteiger partial charge in [-0.25, -0.2) is 0 Å². The summed E-state index contributed by atoms with van der Waals surface area (Å²) in [6.07, 6.45) is 0. The molecule has 3 aromatic rings. The van der Waals surface area contributed by atoms with E-state index < -0.39 is 0 Å². The van der Waals surface area contributed by atoms with E-state index in [4.69, 9.17) is 16.0 Å². The van der Waals surface area contributed by atoms with Crippen LogP contribution in [0, 0.1) is 0 Å². The molecule has 6 nitrogen and oxygen atoms in total. The maximum Gasteiger partial charge on any atom is 0.263 e. The smallest absolute Gasteiger partial charge is 0.263 e. The highest BCUT2D eigenvalue weighted by Crippen LogP contribution is 2.31. The Morgan fingerprint density at radius 2 is 2.20 bits per heavy atom. The number of anilines is 1. The molecule has 2 N–H and O–H groups in total. The summed E-state index contributed by atoms with van der Waals surface area (Å²) in [5.74, 6) is 1.89. The zero-order chi connectivity index (χ0) is 13.9. The SMILES string of the molecule is Clc1cc(Br)ccc1-c1ccc(CNc2nn[nH]n2)o1. The average Bonchev–Trinajstić information content (AvgIpc) is 3.07. The van der Waals surface area contributed by atoms with Crippen LogP contribution in [0.4, 0.5) is 5.95 Å². The van der Waals surface area contributed by atoms with Crippen molar-refractivity contribution in [2.75, 3.05) is 5.32 Å². The fraction of sp³-hybridized carbons (Fsp3) is 0.0833. The van der Waals surface area contributed by atoms with Crippen LogP contribution in [0.15, 0.2) is 39.2 Å². The van der Waals surface area contributed by atoms with Gasteiger partial charge in [-0.1, -0.05) is 32.6 Å². The molecule has 0 aliphatic carbocycles. The summed E-state index contributed by atoms with van der Waals surface area (Å²) in [6, 6.07) is 9.41. The largest absolute Gasteiger partial charge is 0.459 e. The lowest BCUT2D eigenvalue weighted by Gasteiger charge is -2.02. The standard InChI is InChI=1S/C12H9BrClN5O/c13-7-1-3-9(10(14)5-7)11-4-2-8(20-11)6-15-12-16-18-19-17-12/h1-5H,6H2,(H2,15,16,17,18,19). The van der Waals surface area contributed by atoms with Crippen molar-refractivity contribution in [2.24, 2.45) is 0 Å². The maximum absolute atomic E-state index is 6.19. The Morgan fingerprint density at radius 3 is 2.95 bits per heavy atom. The van der Waals surface area contributed by atoms with Gasteiger partial charge in [0, 0.05) is 10.0 Å². The Bertz CT molecular complexity index is 712. The molecule has 0 spiro atoms. The molecule has 1 aromatic carbocycles. The number of H-pyrrole nitrogens is 1. The first-order valence-electron chi connectivity index (χ1n) is 5.74. The molecule has 102 valence electrons. The van der Waals surface area contributed by atoms with Crippen molar-refractivity contribution in [2.45, 2.75) is 6.54 Å². The Labute approximate surface area is 127 Å². The number of aromatic nitrogens is 4. The summed E-state index contributed by atoms with van der Waals surface area (Å²) in [4.78, 5) is 0. The molecule has 0 radical (unpaired) electrons. The number of rotatable bonds is 4. The molecule has 0 amide bonds. The third-order valence-corrected chi connectivity index (χ3v) is 3.43. The topological polar surface area (TPSA) is 79.6 Å². The van der Waals surface area contributed by atoms with Gasteiger partial charge in [0.2, 0.25) is 0 Å². The van der Waals surface area contributed by atoms with Gasteiger partial charge in [-0.2, -0.15) is 5.21 Å². The predicted molar refractivity (Wildman–Crippen MR) is 78.4 cm³/mol. The molecular formula is C12H9BrClN5O. The van der Waals surface area contributed by atoms with Crippen LogP contribution >= 0.6 is 27.5 Å². The summed E-state index contributed by atoms with van der Waals surface area (Å²) in [5.41, 5.74) is 0.848. The molecule has 2 aromatic heterocycles. The number of furan rings is 1. The number of nitrogens with one attached hydrogen (secondary N) is 2. The van der Waals surface area contributed by atoms with Gasteiger partial charge in [-0.05, 0) is 35.5 Å². The number of tetrazole rings is 1. The molecule has 8 heteroatoms. The Hall–Kier alpha value is -1.86. The fourth-order valence-electron chi connectivity index (χ4n) is 1.71. The molecule has 0 bridgehead atoms. The minimum Gasteiger partial charge on any atom is -0.459 e. The molecule has 0 aliphatic rings. The lowest BCUT2D eigenvalue weighted by Crippen LogP contribution is -1.99. The summed E-state index contributed by atoms with van der Waals surface area (Å²) in [5, 5.41) is 17.0. The molecule has 0 unspecified atom stereocenters. The van der Waals surface area contributed by atoms with E-state index in [1.165, 1.54) is 0 Å². The van der Waals surface area contributed by atoms with Crippen molar-refractivity contribution in [3.63, 3.8) is 0 Å². The molecule has 0 fully saturated rings. The van der Waals surface area contributed by atoms with Crippen LogP contribution in [0.1, 0.15) is 5.76 Å². The van der Waals surface area contributed by atoms with E-state index in [9.17, 15) is 0 Å². The molecular weight excluding hydrogens is 346 g/mol. The first kappa shape index (κ1) is 13.1. The highest BCUT2D eigenvalue weighted by molar-refractivity contribution is 9.10. The van der Waals surface area contributed by atoms with Crippen molar-refractivity contribution < 1.29 is 4.42 Å². The summed E-state index contributed by atoms with van der Waals surface area (Å²) >= 11 is 9.57. The highest BCUT2D eigenvalue weighted by Gasteiger charge is 2.09. The second kappa shape index (κ2) is 5.64. The lowest BCUT2D eigenvalue weighted by molar-refractivity contribution is 0.531. The van der Waals surface area contributed by atoms with E-state index in [0.717, 1.165) is 15.8 Å². The van der Waals surface area contributed by atoms with Crippen LogP contribution in [-0.4, -0.2) is 20.6 Å². The predicted octanol–water partition coefficient (Wildman–Crippen LogP) is 3.49. The van der Waals surface area contributed by atoms with Crippen LogP contribution in [0.5, 0.6) is 0 Å². The number of nitrogens with zero attached hydrogens (tertiary/aromatic N) is 3. The summed E-state index contributed by atoms with van der Waals surface area (Å²) in [6.45, 7) is 0.466. The van der Waals surface area contributed by atoms with E-state index in [-0.39, 0.29) is 0 Å². The quantitative estimate of drug-likeness (QED) is 0.750. The first-order chi connectivity index (χ1) is 9.72. The van der Waals surface area contributed by atoms with Gasteiger partial charge >= 0.3 is 0 Å². The van der Waals surface area contributed by atoms with Gasteiger partial charge in [0.05, 0.1) is 11.6 Å².